The molecule has 1 unspecified atom stereocenters. The van der Waals surface area contributed by atoms with Crippen molar-refractivity contribution in [3.05, 3.63) is 76.3 Å². The van der Waals surface area contributed by atoms with Crippen LogP contribution in [0.15, 0.2) is 53.9 Å². The predicted octanol–water partition coefficient (Wildman–Crippen LogP) is 5.10. The second-order valence-corrected chi connectivity index (χ2v) is 9.63. The molecule has 2 aromatic carbocycles. The van der Waals surface area contributed by atoms with Crippen molar-refractivity contribution in [3.63, 3.8) is 0 Å². The molecule has 0 radical (unpaired) electrons. The van der Waals surface area contributed by atoms with Crippen LogP contribution in [0.2, 0.25) is 0 Å². The van der Waals surface area contributed by atoms with Gasteiger partial charge in [0.2, 0.25) is 11.8 Å². The van der Waals surface area contributed by atoms with Gasteiger partial charge in [-0.3, -0.25) is 14.5 Å². The largest absolute Gasteiger partial charge is 0.324 e. The van der Waals surface area contributed by atoms with Gasteiger partial charge in [-0.25, -0.2) is 4.98 Å². The van der Waals surface area contributed by atoms with E-state index >= 15 is 0 Å². The zero-order valence-electron chi connectivity index (χ0n) is 19.3. The molecule has 2 heterocycles. The third kappa shape index (κ3) is 5.86. The van der Waals surface area contributed by atoms with Gasteiger partial charge in [-0.05, 0) is 75.5 Å². The number of carbonyl (C=O) groups is 2. The quantitative estimate of drug-likeness (QED) is 0.535. The number of anilines is 2. The molecule has 0 aliphatic carbocycles. The highest BCUT2D eigenvalue weighted by Gasteiger charge is 2.33. The van der Waals surface area contributed by atoms with E-state index in [0.29, 0.717) is 31.1 Å². The summed E-state index contributed by atoms with van der Waals surface area (Å²) in [5, 5.41) is 8.64. The Balaban J connectivity index is 1.45. The molecule has 2 amide bonds. The first-order valence-electron chi connectivity index (χ1n) is 11.3. The van der Waals surface area contributed by atoms with Gasteiger partial charge in [0.1, 0.15) is 6.04 Å². The van der Waals surface area contributed by atoms with Gasteiger partial charge in [-0.15, -0.1) is 11.3 Å². The number of aryl methyl sites for hydroxylation is 3. The highest BCUT2D eigenvalue weighted by Crippen LogP contribution is 2.29. The minimum Gasteiger partial charge on any atom is -0.324 e. The Labute approximate surface area is 199 Å². The van der Waals surface area contributed by atoms with Gasteiger partial charge in [0, 0.05) is 17.0 Å². The van der Waals surface area contributed by atoms with Gasteiger partial charge in [-0.1, -0.05) is 36.4 Å². The Morgan fingerprint density at radius 3 is 2.27 bits per heavy atom. The Morgan fingerprint density at radius 2 is 1.67 bits per heavy atom. The smallest absolute Gasteiger partial charge is 0.246 e. The molecule has 33 heavy (non-hydrogen) atoms. The molecular formula is C26H30N4O2S. The van der Waals surface area contributed by atoms with E-state index in [1.54, 1.807) is 0 Å². The third-order valence-corrected chi connectivity index (χ3v) is 6.84. The van der Waals surface area contributed by atoms with Gasteiger partial charge in [0.25, 0.3) is 0 Å². The number of hydrogen-bond acceptors (Lipinski definition) is 5. The fraction of sp³-hybridized carbons (Fsp3) is 0.346. The van der Waals surface area contributed by atoms with Crippen molar-refractivity contribution in [3.8, 4) is 0 Å². The molecule has 1 fully saturated rings. The fourth-order valence-corrected chi connectivity index (χ4v) is 5.15. The van der Waals surface area contributed by atoms with Crippen LogP contribution in [-0.4, -0.2) is 34.8 Å². The average Bonchev–Trinajstić information content (AvgIpc) is 3.19. The SMILES string of the molecule is Cc1cc(C)cc(NC(=O)C(c2ccccc2)N2CCC(C(=O)Nc3nc(C)cs3)CC2)c1. The number of amides is 2. The number of piperidine rings is 1. The molecule has 6 nitrogen and oxygen atoms in total. The molecule has 1 aromatic heterocycles. The minimum atomic E-state index is -0.405. The van der Waals surface area contributed by atoms with Gasteiger partial charge in [-0.2, -0.15) is 0 Å². The first-order chi connectivity index (χ1) is 15.9. The monoisotopic (exact) mass is 462 g/mol. The summed E-state index contributed by atoms with van der Waals surface area (Å²) >= 11 is 1.44. The Kier molecular flexibility index (Phi) is 7.20. The maximum absolute atomic E-state index is 13.5. The van der Waals surface area contributed by atoms with E-state index in [2.05, 4.69) is 26.6 Å². The van der Waals surface area contributed by atoms with Crippen molar-refractivity contribution >= 4 is 34.0 Å². The molecule has 7 heteroatoms. The summed E-state index contributed by atoms with van der Waals surface area (Å²) in [4.78, 5) is 32.7. The number of nitrogens with zero attached hydrogens (tertiary/aromatic N) is 2. The van der Waals surface area contributed by atoms with E-state index < -0.39 is 6.04 Å². The topological polar surface area (TPSA) is 74.3 Å². The molecule has 0 saturated carbocycles. The van der Waals surface area contributed by atoms with Crippen LogP contribution in [0.5, 0.6) is 0 Å². The highest BCUT2D eigenvalue weighted by atomic mass is 32.1. The Bertz CT molecular complexity index is 1100. The second-order valence-electron chi connectivity index (χ2n) is 8.77. The highest BCUT2D eigenvalue weighted by molar-refractivity contribution is 7.13. The lowest BCUT2D eigenvalue weighted by molar-refractivity contribution is -0.123. The summed E-state index contributed by atoms with van der Waals surface area (Å²) in [6.07, 6.45) is 1.41. The van der Waals surface area contributed by atoms with Crippen molar-refractivity contribution in [2.24, 2.45) is 5.92 Å². The number of benzene rings is 2. The first-order valence-corrected chi connectivity index (χ1v) is 12.2. The molecule has 0 bridgehead atoms. The number of carbonyl (C=O) groups excluding carboxylic acids is 2. The molecule has 1 atom stereocenters. The molecule has 1 saturated heterocycles. The molecule has 2 N–H and O–H groups in total. The van der Waals surface area contributed by atoms with Crippen LogP contribution in [0.1, 0.15) is 41.3 Å². The zero-order chi connectivity index (χ0) is 23.4. The number of rotatable bonds is 6. The Morgan fingerprint density at radius 1 is 1.00 bits per heavy atom. The van der Waals surface area contributed by atoms with E-state index in [4.69, 9.17) is 0 Å². The van der Waals surface area contributed by atoms with Gasteiger partial charge >= 0.3 is 0 Å². The van der Waals surface area contributed by atoms with E-state index in [9.17, 15) is 9.59 Å². The van der Waals surface area contributed by atoms with Crippen molar-refractivity contribution in [1.82, 2.24) is 9.88 Å². The van der Waals surface area contributed by atoms with Crippen molar-refractivity contribution in [2.75, 3.05) is 23.7 Å². The van der Waals surface area contributed by atoms with Crippen molar-refractivity contribution in [1.29, 1.82) is 0 Å². The summed E-state index contributed by atoms with van der Waals surface area (Å²) in [5.41, 5.74) is 4.91. The molecule has 1 aliphatic rings. The van der Waals surface area contributed by atoms with Crippen LogP contribution >= 0.6 is 11.3 Å². The second kappa shape index (κ2) is 10.3. The standard InChI is InChI=1S/C26H30N4O2S/c1-17-13-18(2)15-22(14-17)28-25(32)23(20-7-5-4-6-8-20)30-11-9-21(10-12-30)24(31)29-26-27-19(3)16-33-26/h4-8,13-16,21,23H,9-12H2,1-3H3,(H,28,32)(H,27,29,31). The number of thiazole rings is 1. The van der Waals surface area contributed by atoms with Crippen LogP contribution in [0.4, 0.5) is 10.8 Å². The number of aromatic nitrogens is 1. The number of nitrogens with one attached hydrogen (secondary N) is 2. The van der Waals surface area contributed by atoms with Crippen LogP contribution in [0.25, 0.3) is 0 Å². The molecule has 0 spiro atoms. The first kappa shape index (κ1) is 23.1. The van der Waals surface area contributed by atoms with Crippen LogP contribution in [0.3, 0.4) is 0 Å². The minimum absolute atomic E-state index is 0.0138. The van der Waals surface area contributed by atoms with Crippen LogP contribution in [-0.2, 0) is 9.59 Å². The summed E-state index contributed by atoms with van der Waals surface area (Å²) in [5.74, 6) is -0.114. The summed E-state index contributed by atoms with van der Waals surface area (Å²) in [6.45, 7) is 7.32. The third-order valence-electron chi connectivity index (χ3n) is 5.97. The molecule has 1 aliphatic heterocycles. The van der Waals surface area contributed by atoms with Gasteiger partial charge < -0.3 is 10.6 Å². The van der Waals surface area contributed by atoms with E-state index in [0.717, 1.165) is 28.1 Å². The maximum Gasteiger partial charge on any atom is 0.246 e. The summed E-state index contributed by atoms with van der Waals surface area (Å²) in [7, 11) is 0. The lowest BCUT2D eigenvalue weighted by Gasteiger charge is -2.36. The average molecular weight is 463 g/mol. The van der Waals surface area contributed by atoms with E-state index in [1.165, 1.54) is 11.3 Å². The molecular weight excluding hydrogens is 432 g/mol. The van der Waals surface area contributed by atoms with Gasteiger partial charge in [0.05, 0.1) is 5.69 Å². The van der Waals surface area contributed by atoms with E-state index in [-0.39, 0.29) is 17.7 Å². The maximum atomic E-state index is 13.5. The lowest BCUT2D eigenvalue weighted by Crippen LogP contribution is -2.44. The summed E-state index contributed by atoms with van der Waals surface area (Å²) in [6, 6.07) is 15.5. The predicted molar refractivity (Wildman–Crippen MR) is 134 cm³/mol. The normalized spacial score (nSPS) is 15.7. The van der Waals surface area contributed by atoms with Crippen molar-refractivity contribution < 1.29 is 9.59 Å². The fourth-order valence-electron chi connectivity index (χ4n) is 4.46. The molecule has 3 aromatic rings. The van der Waals surface area contributed by atoms with E-state index in [1.807, 2.05) is 68.6 Å². The number of hydrogen-bond donors (Lipinski definition) is 2. The Hall–Kier alpha value is -3.03. The lowest BCUT2D eigenvalue weighted by atomic mass is 9.93. The van der Waals surface area contributed by atoms with Gasteiger partial charge in [0.15, 0.2) is 5.13 Å². The van der Waals surface area contributed by atoms with Crippen molar-refractivity contribution in [2.45, 2.75) is 39.7 Å². The number of likely N-dealkylation sites (tertiary alicyclic amines) is 1. The summed E-state index contributed by atoms with van der Waals surface area (Å²) < 4.78 is 0. The zero-order valence-corrected chi connectivity index (χ0v) is 20.1. The molecule has 4 rings (SSSR count). The van der Waals surface area contributed by atoms with Crippen LogP contribution in [0, 0.1) is 26.7 Å². The molecule has 172 valence electrons. The van der Waals surface area contributed by atoms with Crippen LogP contribution < -0.4 is 10.6 Å².